The van der Waals surface area contributed by atoms with Crippen molar-refractivity contribution in [3.63, 3.8) is 0 Å². The van der Waals surface area contributed by atoms with Gasteiger partial charge in [0.05, 0.1) is 6.54 Å². The van der Waals surface area contributed by atoms with E-state index in [0.29, 0.717) is 29.7 Å². The van der Waals surface area contributed by atoms with Crippen molar-refractivity contribution < 1.29 is 4.52 Å². The number of pyridine rings is 1. The molecule has 2 N–H and O–H groups in total. The lowest BCUT2D eigenvalue weighted by Crippen LogP contribution is -2.38. The molecule has 2 heterocycles. The summed E-state index contributed by atoms with van der Waals surface area (Å²) in [6.07, 6.45) is 3.19. The van der Waals surface area contributed by atoms with Gasteiger partial charge in [-0.2, -0.15) is 4.98 Å². The third-order valence-corrected chi connectivity index (χ3v) is 4.13. The highest BCUT2D eigenvalue weighted by molar-refractivity contribution is 14.0. The second kappa shape index (κ2) is 12.4. The number of hydrogen-bond acceptors (Lipinski definition) is 5. The average molecular weight is 527 g/mol. The fourth-order valence-corrected chi connectivity index (χ4v) is 2.75. The second-order valence-corrected chi connectivity index (χ2v) is 6.47. The molecule has 0 atom stereocenters. The maximum Gasteiger partial charge on any atom is 0.228 e. The Morgan fingerprint density at radius 1 is 1.14 bits per heavy atom. The Morgan fingerprint density at radius 2 is 2.03 bits per heavy atom. The Bertz CT molecular complexity index is 903. The molecule has 1 aromatic carbocycles. The minimum atomic E-state index is 0. The molecule has 2 aromatic heterocycles. The fourth-order valence-electron chi connectivity index (χ4n) is 2.56. The molecule has 3 aromatic rings. The molecule has 9 heteroatoms. The normalized spacial score (nSPS) is 11.0. The number of benzene rings is 1. The van der Waals surface area contributed by atoms with Gasteiger partial charge in [0.1, 0.15) is 0 Å². The van der Waals surface area contributed by atoms with Gasteiger partial charge in [-0.3, -0.25) is 9.98 Å². The smallest absolute Gasteiger partial charge is 0.228 e. The van der Waals surface area contributed by atoms with Crippen molar-refractivity contribution in [1.29, 1.82) is 0 Å². The molecule has 0 fully saturated rings. The van der Waals surface area contributed by atoms with Gasteiger partial charge in [-0.25, -0.2) is 0 Å². The summed E-state index contributed by atoms with van der Waals surface area (Å²) in [5.41, 5.74) is 1.88. The lowest BCUT2D eigenvalue weighted by atomic mass is 10.2. The van der Waals surface area contributed by atoms with Crippen molar-refractivity contribution in [1.82, 2.24) is 25.8 Å². The topological polar surface area (TPSA) is 88.2 Å². The van der Waals surface area contributed by atoms with Crippen LogP contribution in [-0.2, 0) is 12.8 Å². The zero-order valence-electron chi connectivity index (χ0n) is 16.1. The number of hydrogen-bond donors (Lipinski definition) is 2. The van der Waals surface area contributed by atoms with E-state index in [-0.39, 0.29) is 24.0 Å². The van der Waals surface area contributed by atoms with E-state index in [1.54, 1.807) is 6.20 Å². The van der Waals surface area contributed by atoms with Crippen LogP contribution in [0.3, 0.4) is 0 Å². The summed E-state index contributed by atoms with van der Waals surface area (Å²) < 4.78 is 5.32. The predicted molar refractivity (Wildman–Crippen MR) is 126 cm³/mol. The Balaban J connectivity index is 0.00000300. The van der Waals surface area contributed by atoms with Crippen LogP contribution in [0.5, 0.6) is 0 Å². The molecule has 0 unspecified atom stereocenters. The lowest BCUT2D eigenvalue weighted by molar-refractivity contribution is 0.380. The molecule has 29 heavy (non-hydrogen) atoms. The molecule has 0 bridgehead atoms. The Kier molecular flexibility index (Phi) is 9.85. The number of nitrogens with zero attached hydrogens (tertiary/aromatic N) is 4. The van der Waals surface area contributed by atoms with Crippen LogP contribution in [-0.4, -0.2) is 40.7 Å². The molecule has 0 spiro atoms. The van der Waals surface area contributed by atoms with Crippen molar-refractivity contribution in [2.75, 3.05) is 19.6 Å². The van der Waals surface area contributed by atoms with E-state index >= 15 is 0 Å². The van der Waals surface area contributed by atoms with Crippen LogP contribution < -0.4 is 10.6 Å². The molecule has 154 valence electrons. The molecule has 0 aliphatic heterocycles. The summed E-state index contributed by atoms with van der Waals surface area (Å²) in [5, 5.41) is 11.2. The number of halogens is 2. The molecular formula is C20H24ClIN6O. The van der Waals surface area contributed by atoms with Gasteiger partial charge in [0.15, 0.2) is 5.96 Å². The van der Waals surface area contributed by atoms with Crippen molar-refractivity contribution >= 4 is 41.5 Å². The minimum Gasteiger partial charge on any atom is -0.357 e. The first-order valence-electron chi connectivity index (χ1n) is 9.25. The minimum absolute atomic E-state index is 0. The predicted octanol–water partition coefficient (Wildman–Crippen LogP) is 3.74. The van der Waals surface area contributed by atoms with Crippen LogP contribution in [0, 0.1) is 0 Å². The molecule has 0 amide bonds. The quantitative estimate of drug-likeness (QED) is 0.264. The van der Waals surface area contributed by atoms with Gasteiger partial charge < -0.3 is 15.2 Å². The van der Waals surface area contributed by atoms with Gasteiger partial charge in [0.25, 0.3) is 0 Å². The van der Waals surface area contributed by atoms with Crippen LogP contribution in [0.2, 0.25) is 5.02 Å². The zero-order valence-corrected chi connectivity index (χ0v) is 19.2. The molecule has 0 radical (unpaired) electrons. The first-order valence-corrected chi connectivity index (χ1v) is 9.63. The third kappa shape index (κ3) is 7.62. The zero-order chi connectivity index (χ0) is 19.6. The van der Waals surface area contributed by atoms with Gasteiger partial charge >= 0.3 is 0 Å². The maximum atomic E-state index is 6.01. The van der Waals surface area contributed by atoms with Gasteiger partial charge in [0.2, 0.25) is 11.7 Å². The first kappa shape index (κ1) is 23.1. The van der Waals surface area contributed by atoms with E-state index in [4.69, 9.17) is 16.1 Å². The molecule has 7 nitrogen and oxygen atoms in total. The van der Waals surface area contributed by atoms with Crippen LogP contribution in [0.1, 0.15) is 18.5 Å². The molecule has 0 saturated carbocycles. The molecule has 0 aliphatic carbocycles. The second-order valence-electron chi connectivity index (χ2n) is 6.03. The highest BCUT2D eigenvalue weighted by atomic mass is 127. The summed E-state index contributed by atoms with van der Waals surface area (Å²) in [7, 11) is 0. The average Bonchev–Trinajstić information content (AvgIpc) is 3.18. The van der Waals surface area contributed by atoms with Gasteiger partial charge in [-0.05, 0) is 31.2 Å². The van der Waals surface area contributed by atoms with Crippen molar-refractivity contribution in [3.05, 3.63) is 65.3 Å². The van der Waals surface area contributed by atoms with E-state index in [1.165, 1.54) is 0 Å². The van der Waals surface area contributed by atoms with Crippen LogP contribution in [0.15, 0.2) is 58.2 Å². The molecule has 0 saturated heterocycles. The van der Waals surface area contributed by atoms with Crippen molar-refractivity contribution in [3.8, 4) is 11.4 Å². The summed E-state index contributed by atoms with van der Waals surface area (Å²) >= 11 is 6.01. The van der Waals surface area contributed by atoms with Gasteiger partial charge in [0, 0.05) is 48.4 Å². The van der Waals surface area contributed by atoms with E-state index < -0.39 is 0 Å². The number of nitrogens with one attached hydrogen (secondary N) is 2. The standard InChI is InChI=1S/C20H23ClN6O.HI/c1-2-22-20(24-12-9-17-8-3-4-11-23-17)25-13-10-18-26-19(27-28-18)15-6-5-7-16(21)14-15;/h3-8,11,14H,2,9-10,12-13H2,1H3,(H2,22,24,25);1H. The number of aliphatic imine (C=N–C) groups is 1. The molecule has 3 rings (SSSR count). The fraction of sp³-hybridized carbons (Fsp3) is 0.300. The third-order valence-electron chi connectivity index (χ3n) is 3.89. The van der Waals surface area contributed by atoms with Crippen LogP contribution in [0.25, 0.3) is 11.4 Å². The Morgan fingerprint density at radius 3 is 2.79 bits per heavy atom. The highest BCUT2D eigenvalue weighted by Gasteiger charge is 2.09. The molecular weight excluding hydrogens is 503 g/mol. The lowest BCUT2D eigenvalue weighted by Gasteiger charge is -2.10. The summed E-state index contributed by atoms with van der Waals surface area (Å²) in [4.78, 5) is 13.3. The van der Waals surface area contributed by atoms with Crippen molar-refractivity contribution in [2.24, 2.45) is 4.99 Å². The van der Waals surface area contributed by atoms with E-state index in [0.717, 1.165) is 36.7 Å². The monoisotopic (exact) mass is 526 g/mol. The molecule has 0 aliphatic rings. The van der Waals surface area contributed by atoms with Gasteiger partial charge in [-0.15, -0.1) is 24.0 Å². The summed E-state index contributed by atoms with van der Waals surface area (Å²) in [5.74, 6) is 1.83. The summed E-state index contributed by atoms with van der Waals surface area (Å²) in [6.45, 7) is 4.11. The highest BCUT2D eigenvalue weighted by Crippen LogP contribution is 2.19. The number of aromatic nitrogens is 3. The largest absolute Gasteiger partial charge is 0.357 e. The first-order chi connectivity index (χ1) is 13.7. The number of rotatable bonds is 8. The van der Waals surface area contributed by atoms with E-state index in [9.17, 15) is 0 Å². The van der Waals surface area contributed by atoms with E-state index in [2.05, 4.69) is 30.8 Å². The van der Waals surface area contributed by atoms with Gasteiger partial charge in [-0.1, -0.05) is 35.0 Å². The number of guanidine groups is 1. The Labute approximate surface area is 192 Å². The maximum absolute atomic E-state index is 6.01. The Hall–Kier alpha value is -2.20. The SMILES string of the molecule is CCNC(=NCCc1nc(-c2cccc(Cl)c2)no1)NCCc1ccccn1.I. The van der Waals surface area contributed by atoms with Crippen LogP contribution in [0.4, 0.5) is 0 Å². The van der Waals surface area contributed by atoms with Crippen LogP contribution >= 0.6 is 35.6 Å². The van der Waals surface area contributed by atoms with Crippen molar-refractivity contribution in [2.45, 2.75) is 19.8 Å². The summed E-state index contributed by atoms with van der Waals surface area (Å²) in [6, 6.07) is 13.3. The van der Waals surface area contributed by atoms with E-state index in [1.807, 2.05) is 49.4 Å².